The van der Waals surface area contributed by atoms with Gasteiger partial charge >= 0.3 is 0 Å². The maximum Gasteiger partial charge on any atom is 0.295 e. The Balaban J connectivity index is 1.86. The molecule has 1 atom stereocenters. The molecule has 2 N–H and O–H groups in total. The van der Waals surface area contributed by atoms with Crippen LogP contribution in [0.4, 0.5) is 0 Å². The lowest BCUT2D eigenvalue weighted by molar-refractivity contribution is -0.139. The predicted molar refractivity (Wildman–Crippen MR) is 111 cm³/mol. The first-order valence-electron chi connectivity index (χ1n) is 9.88. The number of aliphatic hydroxyl groups excluding tert-OH is 1. The third kappa shape index (κ3) is 3.31. The number of Topliss-reactive ketones (excluding diaryl/α,β-unsaturated/α-hetero) is 1. The van der Waals surface area contributed by atoms with E-state index in [1.165, 1.54) is 0 Å². The standard InChI is InChI=1S/C23H23N3O3/c1-2-3-6-12-26-20(15-8-7-11-24-13-15)19(22(28)23(26)29)21(27)17-14-25-18-10-5-4-9-16(17)18/h4-5,7-11,13-14,20,25,27H,2-3,6,12H2,1H3/b21-19-. The SMILES string of the molecule is CCCCCN1C(=O)C(=O)/C(=C(\O)c2c[nH]c3ccccc23)C1c1cccnc1. The molecule has 1 aromatic carbocycles. The molecule has 1 fully saturated rings. The molecule has 1 aliphatic rings. The smallest absolute Gasteiger partial charge is 0.295 e. The highest BCUT2D eigenvalue weighted by molar-refractivity contribution is 6.46. The summed E-state index contributed by atoms with van der Waals surface area (Å²) in [4.78, 5) is 34.6. The number of carbonyl (C=O) groups is 2. The van der Waals surface area contributed by atoms with Crippen LogP contribution in [0, 0.1) is 0 Å². The van der Waals surface area contributed by atoms with Crippen LogP contribution in [0.15, 0.2) is 60.6 Å². The van der Waals surface area contributed by atoms with Gasteiger partial charge in [0.25, 0.3) is 11.7 Å². The minimum Gasteiger partial charge on any atom is -0.507 e. The summed E-state index contributed by atoms with van der Waals surface area (Å²) in [7, 11) is 0. The number of carbonyl (C=O) groups excluding carboxylic acids is 2. The van der Waals surface area contributed by atoms with Crippen molar-refractivity contribution in [1.29, 1.82) is 0 Å². The molecule has 3 aromatic rings. The topological polar surface area (TPSA) is 86.3 Å². The van der Waals surface area contributed by atoms with Crippen molar-refractivity contribution in [1.82, 2.24) is 14.9 Å². The number of aromatic amines is 1. The Morgan fingerprint density at radius 2 is 2.00 bits per heavy atom. The second kappa shape index (κ2) is 7.91. The largest absolute Gasteiger partial charge is 0.507 e. The number of fused-ring (bicyclic) bond motifs is 1. The number of likely N-dealkylation sites (tertiary alicyclic amines) is 1. The molecule has 29 heavy (non-hydrogen) atoms. The van der Waals surface area contributed by atoms with Crippen LogP contribution in [0.3, 0.4) is 0 Å². The summed E-state index contributed by atoms with van der Waals surface area (Å²) in [5.41, 5.74) is 2.19. The summed E-state index contributed by atoms with van der Waals surface area (Å²) in [6.07, 6.45) is 7.73. The molecule has 3 heterocycles. The fourth-order valence-corrected chi connectivity index (χ4v) is 3.94. The number of para-hydroxylation sites is 1. The van der Waals surface area contributed by atoms with Crippen molar-refractivity contribution < 1.29 is 14.7 Å². The number of hydrogen-bond donors (Lipinski definition) is 2. The van der Waals surface area contributed by atoms with Gasteiger partial charge in [-0.1, -0.05) is 44.0 Å². The van der Waals surface area contributed by atoms with Gasteiger partial charge in [-0.3, -0.25) is 14.6 Å². The van der Waals surface area contributed by atoms with Crippen LogP contribution in [0.1, 0.15) is 43.4 Å². The maximum absolute atomic E-state index is 13.0. The number of nitrogens with zero attached hydrogens (tertiary/aromatic N) is 2. The van der Waals surface area contributed by atoms with Crippen molar-refractivity contribution in [3.63, 3.8) is 0 Å². The van der Waals surface area contributed by atoms with Gasteiger partial charge in [-0.05, 0) is 24.1 Å². The second-order valence-electron chi connectivity index (χ2n) is 7.23. The zero-order valence-electron chi connectivity index (χ0n) is 16.3. The van der Waals surface area contributed by atoms with Gasteiger partial charge < -0.3 is 15.0 Å². The molecule has 0 radical (unpaired) electrons. The Morgan fingerprint density at radius 3 is 2.76 bits per heavy atom. The summed E-state index contributed by atoms with van der Waals surface area (Å²) >= 11 is 0. The first-order chi connectivity index (χ1) is 14.1. The van der Waals surface area contributed by atoms with Crippen molar-refractivity contribution >= 4 is 28.4 Å². The highest BCUT2D eigenvalue weighted by atomic mass is 16.3. The van der Waals surface area contributed by atoms with E-state index in [-0.39, 0.29) is 11.3 Å². The second-order valence-corrected chi connectivity index (χ2v) is 7.23. The molecule has 0 spiro atoms. The quantitative estimate of drug-likeness (QED) is 0.287. The van der Waals surface area contributed by atoms with Crippen molar-refractivity contribution in [2.45, 2.75) is 32.2 Å². The Morgan fingerprint density at radius 1 is 1.17 bits per heavy atom. The maximum atomic E-state index is 13.0. The van der Waals surface area contributed by atoms with E-state index in [2.05, 4.69) is 16.9 Å². The van der Waals surface area contributed by atoms with Gasteiger partial charge in [0.2, 0.25) is 0 Å². The highest BCUT2D eigenvalue weighted by Crippen LogP contribution is 2.40. The van der Waals surface area contributed by atoms with Gasteiger partial charge in [0, 0.05) is 41.6 Å². The zero-order valence-corrected chi connectivity index (χ0v) is 16.3. The normalized spacial score (nSPS) is 18.7. The molecule has 148 valence electrons. The number of hydrogen-bond acceptors (Lipinski definition) is 4. The molecular formula is C23H23N3O3. The summed E-state index contributed by atoms with van der Waals surface area (Å²) in [5.74, 6) is -1.39. The van der Waals surface area contributed by atoms with Gasteiger partial charge in [-0.2, -0.15) is 0 Å². The third-order valence-corrected chi connectivity index (χ3v) is 5.39. The van der Waals surface area contributed by atoms with E-state index in [0.717, 1.165) is 30.2 Å². The van der Waals surface area contributed by atoms with E-state index in [1.54, 1.807) is 29.6 Å². The van der Waals surface area contributed by atoms with Gasteiger partial charge in [0.15, 0.2) is 0 Å². The first kappa shape index (κ1) is 18.9. The number of nitrogens with one attached hydrogen (secondary N) is 1. The molecule has 1 saturated heterocycles. The number of H-pyrrole nitrogens is 1. The van der Waals surface area contributed by atoms with E-state index in [4.69, 9.17) is 0 Å². The van der Waals surface area contributed by atoms with Crippen LogP contribution in [0.5, 0.6) is 0 Å². The molecular weight excluding hydrogens is 366 g/mol. The molecule has 1 aliphatic heterocycles. The molecule has 2 aromatic heterocycles. The lowest BCUT2D eigenvalue weighted by Gasteiger charge is -2.25. The fourth-order valence-electron chi connectivity index (χ4n) is 3.94. The summed E-state index contributed by atoms with van der Waals surface area (Å²) in [6, 6.07) is 10.5. The Kier molecular flexibility index (Phi) is 5.16. The Labute approximate surface area is 168 Å². The number of aliphatic hydroxyl groups is 1. The molecule has 4 rings (SSSR count). The summed E-state index contributed by atoms with van der Waals surface area (Å²) in [5, 5.41) is 12.0. The molecule has 6 nitrogen and oxygen atoms in total. The molecule has 0 aliphatic carbocycles. The molecule has 6 heteroatoms. The number of pyridine rings is 1. The predicted octanol–water partition coefficient (Wildman–Crippen LogP) is 4.17. The average molecular weight is 389 g/mol. The van der Waals surface area contributed by atoms with Crippen molar-refractivity contribution in [3.05, 3.63) is 71.7 Å². The van der Waals surface area contributed by atoms with E-state index in [1.807, 2.05) is 30.3 Å². The first-order valence-corrected chi connectivity index (χ1v) is 9.88. The number of unbranched alkanes of at least 4 members (excludes halogenated alkanes) is 2. The van der Waals surface area contributed by atoms with Crippen molar-refractivity contribution in [2.24, 2.45) is 0 Å². The van der Waals surface area contributed by atoms with Crippen LogP contribution in [-0.2, 0) is 9.59 Å². The minimum atomic E-state index is -0.655. The fraction of sp³-hybridized carbons (Fsp3) is 0.261. The van der Waals surface area contributed by atoms with E-state index in [9.17, 15) is 14.7 Å². The van der Waals surface area contributed by atoms with Crippen LogP contribution in [0.2, 0.25) is 0 Å². The highest BCUT2D eigenvalue weighted by Gasteiger charge is 2.46. The van der Waals surface area contributed by atoms with E-state index < -0.39 is 17.7 Å². The number of ketones is 1. The third-order valence-electron chi connectivity index (χ3n) is 5.39. The van der Waals surface area contributed by atoms with Crippen LogP contribution < -0.4 is 0 Å². The number of aromatic nitrogens is 2. The zero-order chi connectivity index (χ0) is 20.4. The molecule has 0 saturated carbocycles. The van der Waals surface area contributed by atoms with Crippen LogP contribution in [-0.4, -0.2) is 38.2 Å². The van der Waals surface area contributed by atoms with Gasteiger partial charge in [-0.15, -0.1) is 0 Å². The molecule has 1 unspecified atom stereocenters. The van der Waals surface area contributed by atoms with Crippen LogP contribution in [0.25, 0.3) is 16.7 Å². The van der Waals surface area contributed by atoms with Gasteiger partial charge in [0.1, 0.15) is 5.76 Å². The minimum absolute atomic E-state index is 0.115. The Hall–Kier alpha value is -3.41. The molecule has 1 amide bonds. The van der Waals surface area contributed by atoms with Crippen LogP contribution >= 0.6 is 0 Å². The number of rotatable bonds is 6. The number of benzene rings is 1. The number of amides is 1. The van der Waals surface area contributed by atoms with Crippen molar-refractivity contribution in [2.75, 3.05) is 6.54 Å². The lowest BCUT2D eigenvalue weighted by Crippen LogP contribution is -2.30. The summed E-state index contributed by atoms with van der Waals surface area (Å²) < 4.78 is 0. The van der Waals surface area contributed by atoms with Gasteiger partial charge in [0.05, 0.1) is 11.6 Å². The van der Waals surface area contributed by atoms with Crippen molar-refractivity contribution in [3.8, 4) is 0 Å². The lowest BCUT2D eigenvalue weighted by atomic mass is 9.96. The van der Waals surface area contributed by atoms with E-state index in [0.29, 0.717) is 17.7 Å². The summed E-state index contributed by atoms with van der Waals surface area (Å²) in [6.45, 7) is 2.55. The monoisotopic (exact) mass is 389 g/mol. The molecule has 0 bridgehead atoms. The Bertz CT molecular complexity index is 1080. The van der Waals surface area contributed by atoms with Gasteiger partial charge in [-0.25, -0.2) is 0 Å². The van der Waals surface area contributed by atoms with E-state index >= 15 is 0 Å². The average Bonchev–Trinajstić information content (AvgIpc) is 3.29.